The second-order valence-electron chi connectivity index (χ2n) is 2.64. The van der Waals surface area contributed by atoms with Gasteiger partial charge in [0.1, 0.15) is 0 Å². The molecule has 5 nitrogen and oxygen atoms in total. The van der Waals surface area contributed by atoms with Crippen molar-refractivity contribution in [3.8, 4) is 0 Å². The largest absolute Gasteiger partial charge is 0.358 e. The summed E-state index contributed by atoms with van der Waals surface area (Å²) >= 11 is 0. The van der Waals surface area contributed by atoms with Crippen LogP contribution in [-0.4, -0.2) is 45.5 Å². The van der Waals surface area contributed by atoms with Crippen LogP contribution in [0.1, 0.15) is 13.8 Å². The number of amides is 1. The molecule has 0 spiro atoms. The molecule has 2 N–H and O–H groups in total. The Morgan fingerprint density at radius 1 is 1.29 bits per heavy atom. The van der Waals surface area contributed by atoms with Crippen LogP contribution in [0.5, 0.6) is 0 Å². The third kappa shape index (κ3) is 6.82. The molecule has 0 aliphatic carbocycles. The van der Waals surface area contributed by atoms with E-state index in [-0.39, 0.29) is 18.7 Å². The van der Waals surface area contributed by atoms with Gasteiger partial charge in [0.2, 0.25) is 5.91 Å². The molecule has 0 saturated heterocycles. The van der Waals surface area contributed by atoms with E-state index >= 15 is 0 Å². The molecule has 0 heterocycles. The van der Waals surface area contributed by atoms with Crippen molar-refractivity contribution >= 4 is 5.91 Å². The lowest BCUT2D eigenvalue weighted by molar-refractivity contribution is -0.134. The van der Waals surface area contributed by atoms with Gasteiger partial charge in [0.15, 0.2) is 6.29 Å². The predicted molar refractivity (Wildman–Crippen MR) is 54.0 cm³/mol. The van der Waals surface area contributed by atoms with E-state index in [4.69, 9.17) is 9.47 Å². The van der Waals surface area contributed by atoms with E-state index in [1.54, 1.807) is 7.05 Å². The van der Waals surface area contributed by atoms with Gasteiger partial charge in [0.05, 0.1) is 6.54 Å². The molecule has 0 saturated carbocycles. The Hall–Kier alpha value is -0.650. The summed E-state index contributed by atoms with van der Waals surface area (Å²) in [4.78, 5) is 10.9. The van der Waals surface area contributed by atoms with Crippen LogP contribution in [0.25, 0.3) is 0 Å². The number of hydrogen-bond acceptors (Lipinski definition) is 4. The Bertz CT molecular complexity index is 147. The Labute approximate surface area is 85.1 Å². The Morgan fingerprint density at radius 3 is 2.29 bits per heavy atom. The molecule has 0 aliphatic rings. The first-order valence-electron chi connectivity index (χ1n) is 4.89. The number of carbonyl (C=O) groups excluding carboxylic acids is 1. The fourth-order valence-electron chi connectivity index (χ4n) is 0.930. The van der Waals surface area contributed by atoms with Crippen LogP contribution in [0.2, 0.25) is 0 Å². The Kier molecular flexibility index (Phi) is 8.51. The number of hydrogen-bond donors (Lipinski definition) is 2. The number of ether oxygens (including phenoxy) is 2. The molecule has 0 aromatic heterocycles. The van der Waals surface area contributed by atoms with Gasteiger partial charge in [-0.15, -0.1) is 0 Å². The summed E-state index contributed by atoms with van der Waals surface area (Å²) in [5, 5.41) is 5.46. The summed E-state index contributed by atoms with van der Waals surface area (Å²) in [5.41, 5.74) is 0. The van der Waals surface area contributed by atoms with Gasteiger partial charge in [-0.2, -0.15) is 0 Å². The van der Waals surface area contributed by atoms with Gasteiger partial charge in [-0.3, -0.25) is 4.79 Å². The smallest absolute Gasteiger partial charge is 0.233 e. The van der Waals surface area contributed by atoms with Crippen molar-refractivity contribution < 1.29 is 14.3 Å². The lowest BCUT2D eigenvalue weighted by Crippen LogP contribution is -2.37. The number of rotatable bonds is 8. The van der Waals surface area contributed by atoms with E-state index in [9.17, 15) is 4.79 Å². The van der Waals surface area contributed by atoms with Gasteiger partial charge in [0.25, 0.3) is 0 Å². The first kappa shape index (κ1) is 13.4. The normalized spacial score (nSPS) is 10.6. The molecule has 0 rings (SSSR count). The molecule has 0 aliphatic heterocycles. The topological polar surface area (TPSA) is 59.6 Å². The van der Waals surface area contributed by atoms with Crippen molar-refractivity contribution in [2.24, 2.45) is 0 Å². The van der Waals surface area contributed by atoms with Crippen molar-refractivity contribution in [2.75, 3.05) is 33.4 Å². The number of likely N-dealkylation sites (N-methyl/N-ethyl adjacent to an activating group) is 1. The first-order valence-corrected chi connectivity index (χ1v) is 4.89. The van der Waals surface area contributed by atoms with Crippen LogP contribution in [0.15, 0.2) is 0 Å². The SMILES string of the molecule is CCOC(CNCC(=O)NC)OCC. The van der Waals surface area contributed by atoms with Crippen molar-refractivity contribution in [2.45, 2.75) is 20.1 Å². The molecule has 14 heavy (non-hydrogen) atoms. The molecule has 84 valence electrons. The predicted octanol–water partition coefficient (Wildman–Crippen LogP) is -0.279. The van der Waals surface area contributed by atoms with E-state index in [1.165, 1.54) is 0 Å². The number of nitrogens with one attached hydrogen (secondary N) is 2. The first-order chi connectivity index (χ1) is 6.74. The maximum Gasteiger partial charge on any atom is 0.233 e. The molecule has 0 aromatic rings. The highest BCUT2D eigenvalue weighted by Gasteiger charge is 2.07. The van der Waals surface area contributed by atoms with Crippen LogP contribution in [-0.2, 0) is 14.3 Å². The Morgan fingerprint density at radius 2 is 1.86 bits per heavy atom. The minimum atomic E-state index is -0.269. The highest BCUT2D eigenvalue weighted by atomic mass is 16.7. The zero-order valence-electron chi connectivity index (χ0n) is 9.13. The number of carbonyl (C=O) groups is 1. The molecule has 1 amide bonds. The lowest BCUT2D eigenvalue weighted by Gasteiger charge is -2.16. The minimum Gasteiger partial charge on any atom is -0.358 e. The molecular formula is C9H20N2O3. The van der Waals surface area contributed by atoms with Gasteiger partial charge >= 0.3 is 0 Å². The van der Waals surface area contributed by atoms with Gasteiger partial charge in [-0.1, -0.05) is 0 Å². The van der Waals surface area contributed by atoms with Gasteiger partial charge in [-0.25, -0.2) is 0 Å². The fourth-order valence-corrected chi connectivity index (χ4v) is 0.930. The van der Waals surface area contributed by atoms with Crippen molar-refractivity contribution in [3.05, 3.63) is 0 Å². The highest BCUT2D eigenvalue weighted by Crippen LogP contribution is 1.92. The average molecular weight is 204 g/mol. The maximum absolute atomic E-state index is 10.9. The molecule has 0 unspecified atom stereocenters. The second-order valence-corrected chi connectivity index (χ2v) is 2.64. The second kappa shape index (κ2) is 8.93. The van der Waals surface area contributed by atoms with Crippen molar-refractivity contribution in [1.29, 1.82) is 0 Å². The molecule has 0 aromatic carbocycles. The monoisotopic (exact) mass is 204 g/mol. The molecule has 5 heteroatoms. The summed E-state index contributed by atoms with van der Waals surface area (Å²) in [7, 11) is 1.60. The third-order valence-electron chi connectivity index (χ3n) is 1.58. The summed E-state index contributed by atoms with van der Waals surface area (Å²) in [6.07, 6.45) is -0.269. The minimum absolute atomic E-state index is 0.0447. The van der Waals surface area contributed by atoms with Crippen LogP contribution >= 0.6 is 0 Å². The van der Waals surface area contributed by atoms with E-state index < -0.39 is 0 Å². The standard InChI is InChI=1S/C9H20N2O3/c1-4-13-9(14-5-2)7-11-6-8(12)10-3/h9,11H,4-7H2,1-3H3,(H,10,12). The van der Waals surface area contributed by atoms with Crippen LogP contribution < -0.4 is 10.6 Å². The van der Waals surface area contributed by atoms with Crippen molar-refractivity contribution in [1.82, 2.24) is 10.6 Å². The third-order valence-corrected chi connectivity index (χ3v) is 1.58. The van der Waals surface area contributed by atoms with Crippen LogP contribution in [0, 0.1) is 0 Å². The summed E-state index contributed by atoms with van der Waals surface area (Å²) in [5.74, 6) is -0.0447. The average Bonchev–Trinajstić information content (AvgIpc) is 2.18. The maximum atomic E-state index is 10.9. The fraction of sp³-hybridized carbons (Fsp3) is 0.889. The Balaban J connectivity index is 3.54. The summed E-state index contributed by atoms with van der Waals surface area (Å²) < 4.78 is 10.6. The van der Waals surface area contributed by atoms with Gasteiger partial charge in [0, 0.05) is 26.8 Å². The zero-order chi connectivity index (χ0) is 10.8. The molecular weight excluding hydrogens is 184 g/mol. The van der Waals surface area contributed by atoms with Crippen molar-refractivity contribution in [3.63, 3.8) is 0 Å². The van der Waals surface area contributed by atoms with E-state index in [0.717, 1.165) is 0 Å². The molecule has 0 bridgehead atoms. The molecule has 0 fully saturated rings. The van der Waals surface area contributed by atoms with E-state index in [1.807, 2.05) is 13.8 Å². The highest BCUT2D eigenvalue weighted by molar-refractivity contribution is 5.77. The van der Waals surface area contributed by atoms with Gasteiger partial charge < -0.3 is 20.1 Å². The summed E-state index contributed by atoms with van der Waals surface area (Å²) in [6, 6.07) is 0. The van der Waals surface area contributed by atoms with E-state index in [0.29, 0.717) is 19.8 Å². The van der Waals surface area contributed by atoms with Crippen LogP contribution in [0.4, 0.5) is 0 Å². The van der Waals surface area contributed by atoms with Gasteiger partial charge in [-0.05, 0) is 13.8 Å². The molecule has 0 radical (unpaired) electrons. The van der Waals surface area contributed by atoms with Crippen LogP contribution in [0.3, 0.4) is 0 Å². The zero-order valence-corrected chi connectivity index (χ0v) is 9.13. The summed E-state index contributed by atoms with van der Waals surface area (Å²) in [6.45, 7) is 5.83. The molecule has 0 atom stereocenters. The lowest BCUT2D eigenvalue weighted by atomic mass is 10.5. The van der Waals surface area contributed by atoms with E-state index in [2.05, 4.69) is 10.6 Å². The quantitative estimate of drug-likeness (QED) is 0.534.